The number of nitrogens with zero attached hydrogens (tertiary/aromatic N) is 2. The predicted octanol–water partition coefficient (Wildman–Crippen LogP) is 3.94. The summed E-state index contributed by atoms with van der Waals surface area (Å²) in [5, 5.41) is 2.70. The van der Waals surface area contributed by atoms with Crippen molar-refractivity contribution in [2.24, 2.45) is 0 Å². The molecule has 0 saturated heterocycles. The average molecular weight is 532 g/mol. The maximum absolute atomic E-state index is 13.4. The SMILES string of the molecule is CCCNC(=O)C(CC)N(Cc1ccc(F)cc1)C(=O)CN(c1cccc(C(F)(F)F)c1)S(C)(=O)=O. The van der Waals surface area contributed by atoms with E-state index >= 15 is 0 Å². The topological polar surface area (TPSA) is 86.8 Å². The minimum atomic E-state index is -4.72. The molecule has 2 aromatic rings. The van der Waals surface area contributed by atoms with E-state index in [9.17, 15) is 35.6 Å². The van der Waals surface area contributed by atoms with Crippen molar-refractivity contribution in [1.82, 2.24) is 10.2 Å². The van der Waals surface area contributed by atoms with Gasteiger partial charge in [0.2, 0.25) is 21.8 Å². The van der Waals surface area contributed by atoms with Crippen LogP contribution in [0.1, 0.15) is 37.8 Å². The third-order valence-corrected chi connectivity index (χ3v) is 6.48. The maximum Gasteiger partial charge on any atom is 0.416 e. The lowest BCUT2D eigenvalue weighted by atomic mass is 10.1. The van der Waals surface area contributed by atoms with Crippen LogP contribution in [0.5, 0.6) is 0 Å². The first-order valence-electron chi connectivity index (χ1n) is 11.2. The van der Waals surface area contributed by atoms with Crippen molar-refractivity contribution in [3.05, 3.63) is 65.5 Å². The number of carbonyl (C=O) groups is 2. The van der Waals surface area contributed by atoms with Crippen LogP contribution in [0.3, 0.4) is 0 Å². The Kier molecular flexibility index (Phi) is 9.85. The Hall–Kier alpha value is -3.15. The zero-order valence-electron chi connectivity index (χ0n) is 20.2. The minimum absolute atomic E-state index is 0.142. The smallest absolute Gasteiger partial charge is 0.354 e. The third kappa shape index (κ3) is 7.94. The summed E-state index contributed by atoms with van der Waals surface area (Å²) in [4.78, 5) is 27.4. The van der Waals surface area contributed by atoms with Crippen LogP contribution in [0.15, 0.2) is 48.5 Å². The zero-order chi connectivity index (χ0) is 27.1. The Balaban J connectivity index is 2.46. The minimum Gasteiger partial charge on any atom is -0.354 e. The van der Waals surface area contributed by atoms with Crippen molar-refractivity contribution < 1.29 is 35.6 Å². The van der Waals surface area contributed by atoms with Crippen LogP contribution >= 0.6 is 0 Å². The second-order valence-corrected chi connectivity index (χ2v) is 10.1. The van der Waals surface area contributed by atoms with Gasteiger partial charge in [0.05, 0.1) is 17.5 Å². The van der Waals surface area contributed by atoms with E-state index in [0.29, 0.717) is 28.9 Å². The van der Waals surface area contributed by atoms with Gasteiger partial charge < -0.3 is 10.2 Å². The first-order valence-corrected chi connectivity index (χ1v) is 13.1. The maximum atomic E-state index is 13.4. The fourth-order valence-corrected chi connectivity index (χ4v) is 4.36. The number of rotatable bonds is 11. The van der Waals surface area contributed by atoms with Crippen LogP contribution in [0.25, 0.3) is 0 Å². The van der Waals surface area contributed by atoms with Crippen molar-refractivity contribution in [2.45, 2.75) is 45.5 Å². The Labute approximate surface area is 208 Å². The number of alkyl halides is 3. The van der Waals surface area contributed by atoms with Gasteiger partial charge in [-0.15, -0.1) is 0 Å². The second kappa shape index (κ2) is 12.2. The van der Waals surface area contributed by atoms with E-state index in [1.54, 1.807) is 6.92 Å². The number of hydrogen-bond donors (Lipinski definition) is 1. The Morgan fingerprint density at radius 1 is 1.06 bits per heavy atom. The van der Waals surface area contributed by atoms with E-state index in [1.807, 2.05) is 6.92 Å². The number of anilines is 1. The van der Waals surface area contributed by atoms with Crippen LogP contribution in [0.2, 0.25) is 0 Å². The largest absolute Gasteiger partial charge is 0.416 e. The number of sulfonamides is 1. The first-order chi connectivity index (χ1) is 16.8. The van der Waals surface area contributed by atoms with Crippen molar-refractivity contribution in [1.29, 1.82) is 0 Å². The van der Waals surface area contributed by atoms with Crippen LogP contribution in [0.4, 0.5) is 23.2 Å². The fraction of sp³-hybridized carbons (Fsp3) is 0.417. The van der Waals surface area contributed by atoms with Gasteiger partial charge in [0.1, 0.15) is 18.4 Å². The predicted molar refractivity (Wildman–Crippen MR) is 128 cm³/mol. The van der Waals surface area contributed by atoms with E-state index in [1.165, 1.54) is 24.3 Å². The van der Waals surface area contributed by atoms with Crippen LogP contribution in [0, 0.1) is 5.82 Å². The molecule has 2 rings (SSSR count). The van der Waals surface area contributed by atoms with Gasteiger partial charge in [0.15, 0.2) is 0 Å². The van der Waals surface area contributed by atoms with Crippen molar-refractivity contribution in [3.8, 4) is 0 Å². The Morgan fingerprint density at radius 2 is 1.69 bits per heavy atom. The van der Waals surface area contributed by atoms with Gasteiger partial charge in [0, 0.05) is 13.1 Å². The molecular formula is C24H29F4N3O4S. The molecule has 7 nitrogen and oxygen atoms in total. The molecule has 36 heavy (non-hydrogen) atoms. The van der Waals surface area contributed by atoms with Gasteiger partial charge in [-0.2, -0.15) is 13.2 Å². The molecule has 0 heterocycles. The monoisotopic (exact) mass is 531 g/mol. The number of amides is 2. The van der Waals surface area contributed by atoms with Gasteiger partial charge >= 0.3 is 6.18 Å². The van der Waals surface area contributed by atoms with Gasteiger partial charge in [0.25, 0.3) is 0 Å². The van der Waals surface area contributed by atoms with E-state index in [2.05, 4.69) is 5.32 Å². The number of carbonyl (C=O) groups excluding carboxylic acids is 2. The molecule has 1 atom stereocenters. The molecule has 0 saturated carbocycles. The lowest BCUT2D eigenvalue weighted by molar-refractivity contribution is -0.140. The molecule has 12 heteroatoms. The fourth-order valence-electron chi connectivity index (χ4n) is 3.52. The molecule has 198 valence electrons. The average Bonchev–Trinajstić information content (AvgIpc) is 2.80. The third-order valence-electron chi connectivity index (χ3n) is 5.34. The highest BCUT2D eigenvalue weighted by molar-refractivity contribution is 7.92. The summed E-state index contributed by atoms with van der Waals surface area (Å²) in [5.41, 5.74) is -0.933. The highest BCUT2D eigenvalue weighted by Gasteiger charge is 2.34. The first kappa shape index (κ1) is 29.1. The molecule has 0 radical (unpaired) electrons. The number of hydrogen-bond acceptors (Lipinski definition) is 4. The van der Waals surface area contributed by atoms with Crippen LogP contribution in [-0.4, -0.2) is 50.5 Å². The van der Waals surface area contributed by atoms with E-state index in [-0.39, 0.29) is 18.7 Å². The summed E-state index contributed by atoms with van der Waals surface area (Å²) in [6, 6.07) is 7.85. The summed E-state index contributed by atoms with van der Waals surface area (Å²) in [7, 11) is -4.19. The molecular weight excluding hydrogens is 502 g/mol. The summed E-state index contributed by atoms with van der Waals surface area (Å²) >= 11 is 0. The van der Waals surface area contributed by atoms with Gasteiger partial charge in [-0.25, -0.2) is 12.8 Å². The van der Waals surface area contributed by atoms with E-state index in [0.717, 1.165) is 29.4 Å². The molecule has 0 spiro atoms. The van der Waals surface area contributed by atoms with Gasteiger partial charge in [-0.05, 0) is 48.7 Å². The summed E-state index contributed by atoms with van der Waals surface area (Å²) in [6.07, 6.45) is -3.12. The molecule has 0 aliphatic rings. The highest BCUT2D eigenvalue weighted by atomic mass is 32.2. The highest BCUT2D eigenvalue weighted by Crippen LogP contribution is 2.32. The van der Waals surface area contributed by atoms with Crippen molar-refractivity contribution in [3.63, 3.8) is 0 Å². The summed E-state index contributed by atoms with van der Waals surface area (Å²) < 4.78 is 78.6. The molecule has 2 aromatic carbocycles. The molecule has 1 N–H and O–H groups in total. The summed E-state index contributed by atoms with van der Waals surface area (Å²) in [5.74, 6) is -1.77. The normalized spacial score (nSPS) is 12.6. The van der Waals surface area contributed by atoms with Crippen LogP contribution < -0.4 is 9.62 Å². The molecule has 1 unspecified atom stereocenters. The van der Waals surface area contributed by atoms with Crippen molar-refractivity contribution >= 4 is 27.5 Å². The number of benzene rings is 2. The quantitative estimate of drug-likeness (QED) is 0.445. The second-order valence-electron chi connectivity index (χ2n) is 8.18. The molecule has 0 aliphatic heterocycles. The molecule has 0 fully saturated rings. The van der Waals surface area contributed by atoms with Gasteiger partial charge in [-0.1, -0.05) is 32.0 Å². The molecule has 0 aliphatic carbocycles. The Bertz CT molecular complexity index is 1150. The van der Waals surface area contributed by atoms with E-state index < -0.39 is 52.0 Å². The molecule has 2 amide bonds. The van der Waals surface area contributed by atoms with Gasteiger partial charge in [-0.3, -0.25) is 13.9 Å². The zero-order valence-corrected chi connectivity index (χ0v) is 21.0. The summed E-state index contributed by atoms with van der Waals surface area (Å²) in [6.45, 7) is 2.90. The standard InChI is InChI=1S/C24H29F4N3O4S/c1-4-13-29-23(33)21(5-2)30(15-17-9-11-19(25)12-10-17)22(32)16-31(36(3,34)35)20-8-6-7-18(14-20)24(26,27)28/h6-12,14,21H,4-5,13,15-16H2,1-3H3,(H,29,33). The number of halogens is 4. The van der Waals surface area contributed by atoms with Crippen molar-refractivity contribution in [2.75, 3.05) is 23.7 Å². The number of nitrogens with one attached hydrogen (secondary N) is 1. The van der Waals surface area contributed by atoms with E-state index in [4.69, 9.17) is 0 Å². The van der Waals surface area contributed by atoms with Crippen LogP contribution in [-0.2, 0) is 32.3 Å². The molecule has 0 bridgehead atoms. The lowest BCUT2D eigenvalue weighted by Crippen LogP contribution is -2.52. The molecule has 0 aromatic heterocycles. The Morgan fingerprint density at radius 3 is 2.22 bits per heavy atom. The lowest BCUT2D eigenvalue weighted by Gasteiger charge is -2.33.